The lowest BCUT2D eigenvalue weighted by Crippen LogP contribution is -2.26. The quantitative estimate of drug-likeness (QED) is 0.678. The van der Waals surface area contributed by atoms with Gasteiger partial charge < -0.3 is 0 Å². The summed E-state index contributed by atoms with van der Waals surface area (Å²) in [6.45, 7) is 0.795. The van der Waals surface area contributed by atoms with E-state index in [2.05, 4.69) is 4.98 Å². The molecule has 1 aromatic heterocycles. The fourth-order valence-corrected chi connectivity index (χ4v) is 1.63. The number of rotatable bonds is 2. The van der Waals surface area contributed by atoms with E-state index in [1.165, 1.54) is 31.7 Å². The smallest absolute Gasteiger partial charge is 0.254 e. The van der Waals surface area contributed by atoms with Crippen LogP contribution < -0.4 is 5.56 Å². The van der Waals surface area contributed by atoms with Crippen LogP contribution in [0.1, 0.15) is 19.3 Å². The highest BCUT2D eigenvalue weighted by Crippen LogP contribution is 2.27. The SMILES string of the molecule is O=c1cc(Cl)ncn1CC1CCC1. The molecule has 0 aromatic carbocycles. The number of hydrogen-bond acceptors (Lipinski definition) is 2. The topological polar surface area (TPSA) is 34.9 Å². The van der Waals surface area contributed by atoms with Crippen molar-refractivity contribution >= 4 is 11.6 Å². The van der Waals surface area contributed by atoms with Gasteiger partial charge in [0.05, 0.1) is 6.33 Å². The molecule has 0 unspecified atom stereocenters. The van der Waals surface area contributed by atoms with Gasteiger partial charge in [0, 0.05) is 12.6 Å². The second-order valence-electron chi connectivity index (χ2n) is 3.50. The van der Waals surface area contributed by atoms with Crippen molar-refractivity contribution in [1.82, 2.24) is 9.55 Å². The lowest BCUT2D eigenvalue weighted by molar-refractivity contribution is 0.272. The van der Waals surface area contributed by atoms with Crippen LogP contribution in [0.2, 0.25) is 5.15 Å². The highest BCUT2D eigenvalue weighted by atomic mass is 35.5. The van der Waals surface area contributed by atoms with Crippen LogP contribution in [0, 0.1) is 5.92 Å². The summed E-state index contributed by atoms with van der Waals surface area (Å²) in [4.78, 5) is 15.2. The van der Waals surface area contributed by atoms with Crippen LogP contribution in [0.5, 0.6) is 0 Å². The summed E-state index contributed by atoms with van der Waals surface area (Å²) in [6.07, 6.45) is 5.29. The van der Waals surface area contributed by atoms with Crippen LogP contribution >= 0.6 is 11.6 Å². The van der Waals surface area contributed by atoms with E-state index in [-0.39, 0.29) is 10.7 Å². The minimum atomic E-state index is -0.0492. The Kier molecular flexibility index (Phi) is 2.36. The van der Waals surface area contributed by atoms with Gasteiger partial charge in [-0.1, -0.05) is 18.0 Å². The molecule has 70 valence electrons. The Hall–Kier alpha value is -0.830. The Bertz CT molecular complexity index is 357. The third kappa shape index (κ3) is 1.91. The van der Waals surface area contributed by atoms with E-state index in [1.54, 1.807) is 4.57 Å². The van der Waals surface area contributed by atoms with Crippen molar-refractivity contribution in [2.24, 2.45) is 5.92 Å². The van der Waals surface area contributed by atoms with Crippen molar-refractivity contribution in [2.75, 3.05) is 0 Å². The first-order valence-corrected chi connectivity index (χ1v) is 4.85. The number of halogens is 1. The molecule has 0 spiro atoms. The van der Waals surface area contributed by atoms with Gasteiger partial charge >= 0.3 is 0 Å². The van der Waals surface area contributed by atoms with Gasteiger partial charge in [-0.25, -0.2) is 4.98 Å². The summed E-state index contributed by atoms with van der Waals surface area (Å²) >= 11 is 5.58. The van der Waals surface area contributed by atoms with Crippen molar-refractivity contribution in [3.63, 3.8) is 0 Å². The van der Waals surface area contributed by atoms with Crippen molar-refractivity contribution in [3.05, 3.63) is 27.9 Å². The standard InChI is InChI=1S/C9H11ClN2O/c10-8-4-9(13)12(6-11-8)5-7-2-1-3-7/h4,6-7H,1-3,5H2. The summed E-state index contributed by atoms with van der Waals surface area (Å²) in [5.74, 6) is 0.667. The summed E-state index contributed by atoms with van der Waals surface area (Å²) in [6, 6.07) is 1.36. The fraction of sp³-hybridized carbons (Fsp3) is 0.556. The van der Waals surface area contributed by atoms with Crippen molar-refractivity contribution < 1.29 is 0 Å². The van der Waals surface area contributed by atoms with E-state index in [4.69, 9.17) is 11.6 Å². The van der Waals surface area contributed by atoms with Gasteiger partial charge in [0.1, 0.15) is 5.15 Å². The average Bonchev–Trinajstić information content (AvgIpc) is 1.99. The largest absolute Gasteiger partial charge is 0.299 e. The maximum absolute atomic E-state index is 11.4. The van der Waals surface area contributed by atoms with E-state index >= 15 is 0 Å². The van der Waals surface area contributed by atoms with Crippen LogP contribution in [0.25, 0.3) is 0 Å². The second-order valence-corrected chi connectivity index (χ2v) is 3.89. The summed E-state index contributed by atoms with van der Waals surface area (Å²) in [5, 5.41) is 0.273. The van der Waals surface area contributed by atoms with E-state index < -0.39 is 0 Å². The summed E-state index contributed by atoms with van der Waals surface area (Å²) in [7, 11) is 0. The molecule has 1 aliphatic rings. The molecule has 1 aromatic rings. The minimum Gasteiger partial charge on any atom is -0.299 e. The van der Waals surface area contributed by atoms with Gasteiger partial charge in [-0.3, -0.25) is 9.36 Å². The molecule has 0 saturated heterocycles. The van der Waals surface area contributed by atoms with Gasteiger partial charge in [-0.05, 0) is 18.8 Å². The molecule has 0 aliphatic heterocycles. The van der Waals surface area contributed by atoms with Gasteiger partial charge in [0.15, 0.2) is 0 Å². The highest BCUT2D eigenvalue weighted by Gasteiger charge is 2.18. The Morgan fingerprint density at radius 2 is 2.38 bits per heavy atom. The molecule has 13 heavy (non-hydrogen) atoms. The van der Waals surface area contributed by atoms with Crippen LogP contribution in [0.3, 0.4) is 0 Å². The van der Waals surface area contributed by atoms with Gasteiger partial charge in [0.2, 0.25) is 0 Å². The third-order valence-corrected chi connectivity index (χ3v) is 2.73. The lowest BCUT2D eigenvalue weighted by atomic mass is 9.85. The molecular weight excluding hydrogens is 188 g/mol. The maximum atomic E-state index is 11.4. The molecule has 0 N–H and O–H groups in total. The fourth-order valence-electron chi connectivity index (χ4n) is 1.49. The first kappa shape index (κ1) is 8.75. The average molecular weight is 199 g/mol. The highest BCUT2D eigenvalue weighted by molar-refractivity contribution is 6.29. The Morgan fingerprint density at radius 3 is 2.92 bits per heavy atom. The predicted molar refractivity (Wildman–Crippen MR) is 50.8 cm³/mol. The first-order valence-electron chi connectivity index (χ1n) is 4.48. The van der Waals surface area contributed by atoms with E-state index in [9.17, 15) is 4.79 Å². The molecule has 1 fully saturated rings. The lowest BCUT2D eigenvalue weighted by Gasteiger charge is -2.25. The normalized spacial score (nSPS) is 17.0. The van der Waals surface area contributed by atoms with Gasteiger partial charge in [-0.15, -0.1) is 0 Å². The van der Waals surface area contributed by atoms with Crippen LogP contribution in [-0.4, -0.2) is 9.55 Å². The van der Waals surface area contributed by atoms with Crippen LogP contribution in [0.15, 0.2) is 17.2 Å². The molecule has 4 heteroatoms. The molecule has 0 amide bonds. The molecule has 1 heterocycles. The molecule has 0 radical (unpaired) electrons. The van der Waals surface area contributed by atoms with Gasteiger partial charge in [-0.2, -0.15) is 0 Å². The maximum Gasteiger partial charge on any atom is 0.254 e. The molecule has 1 aliphatic carbocycles. The Labute approximate surface area is 81.4 Å². The van der Waals surface area contributed by atoms with Crippen molar-refractivity contribution in [1.29, 1.82) is 0 Å². The summed E-state index contributed by atoms with van der Waals surface area (Å²) < 4.78 is 1.63. The predicted octanol–water partition coefficient (Wildman–Crippen LogP) is 1.70. The van der Waals surface area contributed by atoms with Crippen LogP contribution in [-0.2, 0) is 6.54 Å². The van der Waals surface area contributed by atoms with E-state index in [1.807, 2.05) is 0 Å². The minimum absolute atomic E-state index is 0.0492. The van der Waals surface area contributed by atoms with Crippen LogP contribution in [0.4, 0.5) is 0 Å². The molecule has 1 saturated carbocycles. The van der Waals surface area contributed by atoms with Gasteiger partial charge in [0.25, 0.3) is 5.56 Å². The Morgan fingerprint density at radius 1 is 1.62 bits per heavy atom. The number of aromatic nitrogens is 2. The molecule has 0 atom stereocenters. The molecule has 3 nitrogen and oxygen atoms in total. The monoisotopic (exact) mass is 198 g/mol. The molecular formula is C9H11ClN2O. The zero-order valence-electron chi connectivity index (χ0n) is 7.24. The van der Waals surface area contributed by atoms with Crippen molar-refractivity contribution in [2.45, 2.75) is 25.8 Å². The first-order chi connectivity index (χ1) is 6.25. The number of hydrogen-bond donors (Lipinski definition) is 0. The zero-order chi connectivity index (χ0) is 9.26. The zero-order valence-corrected chi connectivity index (χ0v) is 8.00. The third-order valence-electron chi connectivity index (χ3n) is 2.53. The molecule has 0 bridgehead atoms. The van der Waals surface area contributed by atoms with Crippen molar-refractivity contribution in [3.8, 4) is 0 Å². The Balaban J connectivity index is 2.15. The summed E-state index contributed by atoms with van der Waals surface area (Å²) in [5.41, 5.74) is -0.0492. The van der Waals surface area contributed by atoms with E-state index in [0.29, 0.717) is 5.92 Å². The number of nitrogens with zero attached hydrogens (tertiary/aromatic N) is 2. The molecule has 2 rings (SSSR count). The second kappa shape index (κ2) is 3.50. The van der Waals surface area contributed by atoms with E-state index in [0.717, 1.165) is 6.54 Å².